The summed E-state index contributed by atoms with van der Waals surface area (Å²) in [7, 11) is 0. The molecule has 0 bridgehead atoms. The van der Waals surface area contributed by atoms with Gasteiger partial charge in [-0.05, 0) is 13.3 Å². The second-order valence-corrected chi connectivity index (χ2v) is 4.28. The second-order valence-electron chi connectivity index (χ2n) is 4.28. The van der Waals surface area contributed by atoms with Crippen molar-refractivity contribution in [2.24, 2.45) is 0 Å². The third kappa shape index (κ3) is 11.2. The Morgan fingerprint density at radius 3 is 2.59 bits per heavy atom. The number of carboxylic acid groups (broad SMARTS) is 1. The van der Waals surface area contributed by atoms with Crippen molar-refractivity contribution in [1.82, 2.24) is 10.6 Å². The van der Waals surface area contributed by atoms with Crippen molar-refractivity contribution < 1.29 is 14.7 Å². The van der Waals surface area contributed by atoms with Gasteiger partial charge in [0, 0.05) is 12.6 Å². The normalized spacial score (nSPS) is 12.1. The molecule has 0 saturated heterocycles. The van der Waals surface area contributed by atoms with Gasteiger partial charge in [-0.3, -0.25) is 9.59 Å². The van der Waals surface area contributed by atoms with Crippen LogP contribution in [0.15, 0.2) is 0 Å². The Labute approximate surface area is 103 Å². The molecule has 100 valence electrons. The van der Waals surface area contributed by atoms with Crippen molar-refractivity contribution in [2.45, 2.75) is 52.0 Å². The molecule has 1 unspecified atom stereocenters. The minimum absolute atomic E-state index is 0.0410. The first-order valence-corrected chi connectivity index (χ1v) is 6.28. The summed E-state index contributed by atoms with van der Waals surface area (Å²) in [6, 6.07) is 0.190. The fourth-order valence-electron chi connectivity index (χ4n) is 1.50. The van der Waals surface area contributed by atoms with Crippen LogP contribution in [0.25, 0.3) is 0 Å². The predicted molar refractivity (Wildman–Crippen MR) is 66.9 cm³/mol. The molecule has 0 aromatic rings. The molecule has 0 aromatic heterocycles. The molecule has 0 rings (SSSR count). The van der Waals surface area contributed by atoms with Gasteiger partial charge in [-0.2, -0.15) is 0 Å². The van der Waals surface area contributed by atoms with Crippen LogP contribution in [0.2, 0.25) is 0 Å². The predicted octanol–water partition coefficient (Wildman–Crippen LogP) is 1.14. The van der Waals surface area contributed by atoms with Gasteiger partial charge in [-0.1, -0.05) is 26.2 Å². The Kier molecular flexibility index (Phi) is 9.43. The number of amides is 1. The topological polar surface area (TPSA) is 78.4 Å². The molecule has 5 heteroatoms. The van der Waals surface area contributed by atoms with Crippen molar-refractivity contribution in [1.29, 1.82) is 0 Å². The number of nitrogens with one attached hydrogen (secondary N) is 2. The second kappa shape index (κ2) is 10.1. The Morgan fingerprint density at radius 2 is 2.00 bits per heavy atom. The maximum atomic E-state index is 11.4. The fraction of sp³-hybridized carbons (Fsp3) is 0.833. The number of hydrogen-bond acceptors (Lipinski definition) is 3. The number of carbonyl (C=O) groups excluding carboxylic acids is 1. The summed E-state index contributed by atoms with van der Waals surface area (Å²) in [4.78, 5) is 21.6. The standard InChI is InChI=1S/C12H24N2O3/c1-3-4-5-6-10(2)14-11(15)9-13-8-7-12(16)17/h10,13H,3-9H2,1-2H3,(H,14,15)(H,16,17). The molecule has 17 heavy (non-hydrogen) atoms. The number of unbranched alkanes of at least 4 members (excludes halogenated alkanes) is 2. The average molecular weight is 244 g/mol. The van der Waals surface area contributed by atoms with Gasteiger partial charge in [-0.25, -0.2) is 0 Å². The Balaban J connectivity index is 3.47. The first-order chi connectivity index (χ1) is 8.06. The highest BCUT2D eigenvalue weighted by molar-refractivity contribution is 5.78. The van der Waals surface area contributed by atoms with Gasteiger partial charge < -0.3 is 15.7 Å². The summed E-state index contributed by atoms with van der Waals surface area (Å²) in [5, 5.41) is 14.1. The molecule has 0 saturated carbocycles. The van der Waals surface area contributed by atoms with Gasteiger partial charge in [0.1, 0.15) is 0 Å². The molecule has 0 aliphatic rings. The van der Waals surface area contributed by atoms with E-state index in [0.717, 1.165) is 12.8 Å². The summed E-state index contributed by atoms with van der Waals surface area (Å²) in [5.74, 6) is -0.926. The van der Waals surface area contributed by atoms with Crippen LogP contribution in [0.5, 0.6) is 0 Å². The number of rotatable bonds is 10. The highest BCUT2D eigenvalue weighted by Gasteiger charge is 2.06. The lowest BCUT2D eigenvalue weighted by molar-refractivity contribution is -0.137. The molecule has 1 atom stereocenters. The lowest BCUT2D eigenvalue weighted by Crippen LogP contribution is -2.39. The van der Waals surface area contributed by atoms with E-state index in [2.05, 4.69) is 17.6 Å². The molecule has 0 fully saturated rings. The molecule has 0 heterocycles. The SMILES string of the molecule is CCCCCC(C)NC(=O)CNCCC(=O)O. The molecule has 5 nitrogen and oxygen atoms in total. The van der Waals surface area contributed by atoms with Crippen molar-refractivity contribution in [3.05, 3.63) is 0 Å². The van der Waals surface area contributed by atoms with Crippen molar-refractivity contribution >= 4 is 11.9 Å². The van der Waals surface area contributed by atoms with Crippen LogP contribution in [0.4, 0.5) is 0 Å². The highest BCUT2D eigenvalue weighted by Crippen LogP contribution is 2.02. The van der Waals surface area contributed by atoms with Crippen LogP contribution in [-0.4, -0.2) is 36.1 Å². The summed E-state index contributed by atoms with van der Waals surface area (Å²) in [6.45, 7) is 4.65. The van der Waals surface area contributed by atoms with Gasteiger partial charge in [0.25, 0.3) is 0 Å². The van der Waals surface area contributed by atoms with Gasteiger partial charge >= 0.3 is 5.97 Å². The Hall–Kier alpha value is -1.10. The van der Waals surface area contributed by atoms with E-state index in [1.54, 1.807) is 0 Å². The van der Waals surface area contributed by atoms with E-state index in [0.29, 0.717) is 6.54 Å². The first kappa shape index (κ1) is 15.9. The van der Waals surface area contributed by atoms with E-state index < -0.39 is 5.97 Å². The number of carbonyl (C=O) groups is 2. The Morgan fingerprint density at radius 1 is 1.29 bits per heavy atom. The molecular weight excluding hydrogens is 220 g/mol. The lowest BCUT2D eigenvalue weighted by atomic mass is 10.1. The number of carboxylic acids is 1. The quantitative estimate of drug-likeness (QED) is 0.503. The van der Waals surface area contributed by atoms with Gasteiger partial charge in [-0.15, -0.1) is 0 Å². The van der Waals surface area contributed by atoms with Crippen molar-refractivity contribution in [3.63, 3.8) is 0 Å². The molecule has 0 radical (unpaired) electrons. The molecule has 3 N–H and O–H groups in total. The lowest BCUT2D eigenvalue weighted by Gasteiger charge is -2.13. The van der Waals surface area contributed by atoms with Gasteiger partial charge in [0.15, 0.2) is 0 Å². The van der Waals surface area contributed by atoms with E-state index in [1.165, 1.54) is 12.8 Å². The third-order valence-electron chi connectivity index (χ3n) is 2.45. The largest absolute Gasteiger partial charge is 0.481 e. The van der Waals surface area contributed by atoms with Crippen molar-refractivity contribution in [3.8, 4) is 0 Å². The zero-order valence-corrected chi connectivity index (χ0v) is 10.8. The fourth-order valence-corrected chi connectivity index (χ4v) is 1.50. The summed E-state index contributed by atoms with van der Waals surface area (Å²) in [5.41, 5.74) is 0. The smallest absolute Gasteiger partial charge is 0.304 e. The summed E-state index contributed by atoms with van der Waals surface area (Å²) >= 11 is 0. The summed E-state index contributed by atoms with van der Waals surface area (Å²) < 4.78 is 0. The minimum atomic E-state index is -0.856. The van der Waals surface area contributed by atoms with Crippen LogP contribution in [0, 0.1) is 0 Å². The van der Waals surface area contributed by atoms with Crippen LogP contribution < -0.4 is 10.6 Å². The van der Waals surface area contributed by atoms with Gasteiger partial charge in [0.05, 0.1) is 13.0 Å². The zero-order valence-electron chi connectivity index (χ0n) is 10.8. The van der Waals surface area contributed by atoms with Crippen LogP contribution in [-0.2, 0) is 9.59 Å². The van der Waals surface area contributed by atoms with E-state index >= 15 is 0 Å². The zero-order chi connectivity index (χ0) is 13.1. The molecule has 1 amide bonds. The maximum absolute atomic E-state index is 11.4. The Bertz CT molecular complexity index is 232. The molecule has 0 aromatic carbocycles. The van der Waals surface area contributed by atoms with Crippen LogP contribution >= 0.6 is 0 Å². The number of hydrogen-bond donors (Lipinski definition) is 3. The van der Waals surface area contributed by atoms with Crippen molar-refractivity contribution in [2.75, 3.05) is 13.1 Å². The first-order valence-electron chi connectivity index (χ1n) is 6.28. The van der Waals surface area contributed by atoms with E-state index in [4.69, 9.17) is 5.11 Å². The van der Waals surface area contributed by atoms with Crippen LogP contribution in [0.1, 0.15) is 46.0 Å². The van der Waals surface area contributed by atoms with Crippen LogP contribution in [0.3, 0.4) is 0 Å². The monoisotopic (exact) mass is 244 g/mol. The minimum Gasteiger partial charge on any atom is -0.481 e. The third-order valence-corrected chi connectivity index (χ3v) is 2.45. The molecule has 0 aliphatic heterocycles. The molecular formula is C12H24N2O3. The average Bonchev–Trinajstić information content (AvgIpc) is 2.24. The van der Waals surface area contributed by atoms with E-state index in [1.807, 2.05) is 6.92 Å². The van der Waals surface area contributed by atoms with E-state index in [-0.39, 0.29) is 24.9 Å². The maximum Gasteiger partial charge on any atom is 0.304 e. The highest BCUT2D eigenvalue weighted by atomic mass is 16.4. The van der Waals surface area contributed by atoms with Gasteiger partial charge in [0.2, 0.25) is 5.91 Å². The number of aliphatic carboxylic acids is 1. The van der Waals surface area contributed by atoms with E-state index in [9.17, 15) is 9.59 Å². The molecule has 0 spiro atoms. The summed E-state index contributed by atoms with van der Waals surface area (Å²) in [6.07, 6.45) is 4.53. The molecule has 0 aliphatic carbocycles.